The molecule has 0 unspecified atom stereocenters. The number of nitrogens with zero attached hydrogens (tertiary/aromatic N) is 4. The summed E-state index contributed by atoms with van der Waals surface area (Å²) in [6, 6.07) is 9.05. The zero-order valence-corrected chi connectivity index (χ0v) is 12.0. The summed E-state index contributed by atoms with van der Waals surface area (Å²) in [6.45, 7) is 3.69. The average Bonchev–Trinajstić information content (AvgIpc) is 2.70. The Morgan fingerprint density at radius 2 is 2.10 bits per heavy atom. The number of hydrogen-bond acceptors (Lipinski definition) is 3. The Kier molecular flexibility index (Phi) is 3.57. The van der Waals surface area contributed by atoms with E-state index in [0.29, 0.717) is 22.5 Å². The molecule has 2 rings (SSSR count). The second-order valence-corrected chi connectivity index (χ2v) is 4.70. The molecule has 0 aliphatic carbocycles. The van der Waals surface area contributed by atoms with Crippen LogP contribution in [-0.4, -0.2) is 22.7 Å². The van der Waals surface area contributed by atoms with Gasteiger partial charge in [-0.2, -0.15) is 10.4 Å². The zero-order chi connectivity index (χ0) is 14.9. The lowest BCUT2D eigenvalue weighted by Crippen LogP contribution is -2.27. The highest BCUT2D eigenvalue weighted by molar-refractivity contribution is 6.07. The van der Waals surface area contributed by atoms with E-state index in [2.05, 4.69) is 11.2 Å². The monoisotopic (exact) mass is 268 g/mol. The standard InChI is InChI=1S/C15H16N4O/c1-10-14(11(2)19(4)17-10)15(20)18(3)13-7-5-6-12(8-13)9-16/h5-8H,1-4H3. The Balaban J connectivity index is 2.40. The second-order valence-electron chi connectivity index (χ2n) is 4.70. The van der Waals surface area contributed by atoms with Gasteiger partial charge in [-0.25, -0.2) is 0 Å². The van der Waals surface area contributed by atoms with Crippen LogP contribution in [0.2, 0.25) is 0 Å². The topological polar surface area (TPSA) is 61.9 Å². The minimum atomic E-state index is -0.122. The van der Waals surface area contributed by atoms with E-state index in [1.54, 1.807) is 36.0 Å². The van der Waals surface area contributed by atoms with Gasteiger partial charge in [-0.3, -0.25) is 9.48 Å². The number of rotatable bonds is 2. The number of aryl methyl sites for hydroxylation is 2. The summed E-state index contributed by atoms with van der Waals surface area (Å²) in [7, 11) is 3.51. The number of carbonyl (C=O) groups is 1. The minimum absolute atomic E-state index is 0.122. The molecule has 1 aromatic heterocycles. The average molecular weight is 268 g/mol. The molecule has 5 nitrogen and oxygen atoms in total. The van der Waals surface area contributed by atoms with Gasteiger partial charge >= 0.3 is 0 Å². The van der Waals surface area contributed by atoms with E-state index in [0.717, 1.165) is 5.69 Å². The number of hydrogen-bond donors (Lipinski definition) is 0. The van der Waals surface area contributed by atoms with Gasteiger partial charge in [0.2, 0.25) is 0 Å². The van der Waals surface area contributed by atoms with Gasteiger partial charge in [0.05, 0.1) is 22.9 Å². The summed E-state index contributed by atoms with van der Waals surface area (Å²) in [5.41, 5.74) is 3.37. The number of carbonyl (C=O) groups excluding carboxylic acids is 1. The first kappa shape index (κ1) is 13.8. The number of amides is 1. The quantitative estimate of drug-likeness (QED) is 0.838. The van der Waals surface area contributed by atoms with E-state index in [4.69, 9.17) is 5.26 Å². The normalized spacial score (nSPS) is 10.2. The maximum absolute atomic E-state index is 12.6. The summed E-state index contributed by atoms with van der Waals surface area (Å²) < 4.78 is 1.70. The molecule has 1 amide bonds. The van der Waals surface area contributed by atoms with Crippen LogP contribution in [0.15, 0.2) is 24.3 Å². The minimum Gasteiger partial charge on any atom is -0.311 e. The van der Waals surface area contributed by atoms with Gasteiger partial charge < -0.3 is 4.90 Å². The lowest BCUT2D eigenvalue weighted by molar-refractivity contribution is 0.0992. The van der Waals surface area contributed by atoms with E-state index >= 15 is 0 Å². The summed E-state index contributed by atoms with van der Waals surface area (Å²) in [6.07, 6.45) is 0. The molecule has 0 fully saturated rings. The van der Waals surface area contributed by atoms with E-state index in [1.165, 1.54) is 4.90 Å². The molecule has 0 bridgehead atoms. The highest BCUT2D eigenvalue weighted by atomic mass is 16.2. The zero-order valence-electron chi connectivity index (χ0n) is 12.0. The fourth-order valence-corrected chi connectivity index (χ4v) is 2.15. The smallest absolute Gasteiger partial charge is 0.261 e. The molecule has 0 radical (unpaired) electrons. The predicted octanol–water partition coefficient (Wildman–Crippen LogP) is 2.19. The third-order valence-corrected chi connectivity index (χ3v) is 3.39. The van der Waals surface area contributed by atoms with Crippen molar-refractivity contribution in [3.05, 3.63) is 46.8 Å². The third kappa shape index (κ3) is 2.28. The van der Waals surface area contributed by atoms with Crippen molar-refractivity contribution in [2.24, 2.45) is 7.05 Å². The molecule has 2 aromatic rings. The van der Waals surface area contributed by atoms with Crippen LogP contribution < -0.4 is 4.90 Å². The number of aromatic nitrogens is 2. The van der Waals surface area contributed by atoms with E-state index in [-0.39, 0.29) is 5.91 Å². The van der Waals surface area contributed by atoms with Crippen molar-refractivity contribution < 1.29 is 4.79 Å². The molecule has 5 heteroatoms. The van der Waals surface area contributed by atoms with Gasteiger partial charge in [-0.1, -0.05) is 6.07 Å². The van der Waals surface area contributed by atoms with Crippen LogP contribution in [0.1, 0.15) is 27.3 Å². The summed E-state index contributed by atoms with van der Waals surface area (Å²) >= 11 is 0. The van der Waals surface area contributed by atoms with Gasteiger partial charge in [0, 0.05) is 25.5 Å². The van der Waals surface area contributed by atoms with E-state index in [9.17, 15) is 4.79 Å². The molecule has 0 atom stereocenters. The van der Waals surface area contributed by atoms with Gasteiger partial charge in [0.1, 0.15) is 0 Å². The lowest BCUT2D eigenvalue weighted by Gasteiger charge is -2.17. The maximum Gasteiger partial charge on any atom is 0.261 e. The van der Waals surface area contributed by atoms with Crippen LogP contribution in [0.25, 0.3) is 0 Å². The third-order valence-electron chi connectivity index (χ3n) is 3.39. The van der Waals surface area contributed by atoms with Crippen molar-refractivity contribution >= 4 is 11.6 Å². The Labute approximate surface area is 118 Å². The molecule has 0 aliphatic rings. The van der Waals surface area contributed by atoms with Gasteiger partial charge in [-0.15, -0.1) is 0 Å². The molecule has 0 saturated heterocycles. The van der Waals surface area contributed by atoms with Gasteiger partial charge in [0.15, 0.2) is 0 Å². The SMILES string of the molecule is Cc1nn(C)c(C)c1C(=O)N(C)c1cccc(C#N)c1. The van der Waals surface area contributed by atoms with Crippen LogP contribution in [-0.2, 0) is 7.05 Å². The Morgan fingerprint density at radius 1 is 1.40 bits per heavy atom. The molecule has 1 aromatic carbocycles. The molecule has 1 heterocycles. The van der Waals surface area contributed by atoms with Crippen molar-refractivity contribution in [1.29, 1.82) is 5.26 Å². The Bertz CT molecular complexity index is 709. The first-order valence-corrected chi connectivity index (χ1v) is 6.24. The Hall–Kier alpha value is -2.61. The second kappa shape index (κ2) is 5.17. The first-order chi connectivity index (χ1) is 9.45. The van der Waals surface area contributed by atoms with Crippen LogP contribution in [0.5, 0.6) is 0 Å². The van der Waals surface area contributed by atoms with Crippen LogP contribution in [0.4, 0.5) is 5.69 Å². The molecule has 0 N–H and O–H groups in total. The first-order valence-electron chi connectivity index (χ1n) is 6.24. The molecule has 20 heavy (non-hydrogen) atoms. The molecule has 0 spiro atoms. The van der Waals surface area contributed by atoms with Gasteiger partial charge in [-0.05, 0) is 32.0 Å². The van der Waals surface area contributed by atoms with Gasteiger partial charge in [0.25, 0.3) is 5.91 Å². The largest absolute Gasteiger partial charge is 0.311 e. The predicted molar refractivity (Wildman–Crippen MR) is 76.6 cm³/mol. The van der Waals surface area contributed by atoms with E-state index < -0.39 is 0 Å². The van der Waals surface area contributed by atoms with Crippen LogP contribution >= 0.6 is 0 Å². The van der Waals surface area contributed by atoms with Crippen LogP contribution in [0, 0.1) is 25.2 Å². The van der Waals surface area contributed by atoms with Crippen LogP contribution in [0.3, 0.4) is 0 Å². The number of nitriles is 1. The highest BCUT2D eigenvalue weighted by Gasteiger charge is 2.21. The molecular weight excluding hydrogens is 252 g/mol. The summed E-state index contributed by atoms with van der Waals surface area (Å²) in [5, 5.41) is 13.2. The van der Waals surface area contributed by atoms with Crippen molar-refractivity contribution in [2.75, 3.05) is 11.9 Å². The van der Waals surface area contributed by atoms with Crippen molar-refractivity contribution in [1.82, 2.24) is 9.78 Å². The highest BCUT2D eigenvalue weighted by Crippen LogP contribution is 2.20. The fourth-order valence-electron chi connectivity index (χ4n) is 2.15. The number of anilines is 1. The summed E-state index contributed by atoms with van der Waals surface area (Å²) in [4.78, 5) is 14.1. The Morgan fingerprint density at radius 3 is 2.65 bits per heavy atom. The molecule has 0 aliphatic heterocycles. The van der Waals surface area contributed by atoms with Crippen molar-refractivity contribution in [3.8, 4) is 6.07 Å². The maximum atomic E-state index is 12.6. The fraction of sp³-hybridized carbons (Fsp3) is 0.267. The molecule has 102 valence electrons. The molecular formula is C15H16N4O. The summed E-state index contributed by atoms with van der Waals surface area (Å²) in [5.74, 6) is -0.122. The van der Waals surface area contributed by atoms with Crippen molar-refractivity contribution in [3.63, 3.8) is 0 Å². The molecule has 0 saturated carbocycles. The number of benzene rings is 1. The lowest BCUT2D eigenvalue weighted by atomic mass is 10.1. The van der Waals surface area contributed by atoms with Crippen molar-refractivity contribution in [2.45, 2.75) is 13.8 Å². The van der Waals surface area contributed by atoms with E-state index in [1.807, 2.05) is 20.9 Å².